The number of rotatable bonds is 5. The SMILES string of the molecule is C=CCNC(=O)C(=O)NC(C)c1ccc(CC)cc1. The zero-order valence-corrected chi connectivity index (χ0v) is 11.4. The van der Waals surface area contributed by atoms with Crippen LogP contribution >= 0.6 is 0 Å². The second-order valence-electron chi connectivity index (χ2n) is 4.29. The first-order valence-corrected chi connectivity index (χ1v) is 6.37. The van der Waals surface area contributed by atoms with Crippen LogP contribution in [0.2, 0.25) is 0 Å². The molecule has 102 valence electrons. The number of carbonyl (C=O) groups excluding carboxylic acids is 2. The first-order valence-electron chi connectivity index (χ1n) is 6.37. The summed E-state index contributed by atoms with van der Waals surface area (Å²) < 4.78 is 0. The zero-order valence-electron chi connectivity index (χ0n) is 11.4. The molecule has 1 aromatic carbocycles. The van der Waals surface area contributed by atoms with Gasteiger partial charge in [0.05, 0.1) is 6.04 Å². The van der Waals surface area contributed by atoms with Crippen LogP contribution in [0.25, 0.3) is 0 Å². The molecule has 4 heteroatoms. The van der Waals surface area contributed by atoms with Gasteiger partial charge in [0.1, 0.15) is 0 Å². The maximum Gasteiger partial charge on any atom is 0.309 e. The number of nitrogens with one attached hydrogen (secondary N) is 2. The molecule has 0 bridgehead atoms. The fourth-order valence-electron chi connectivity index (χ4n) is 1.63. The molecule has 2 N–H and O–H groups in total. The van der Waals surface area contributed by atoms with Crippen molar-refractivity contribution in [3.8, 4) is 0 Å². The van der Waals surface area contributed by atoms with E-state index in [9.17, 15) is 9.59 Å². The van der Waals surface area contributed by atoms with Crippen LogP contribution in [0, 0.1) is 0 Å². The molecule has 0 aliphatic carbocycles. The molecule has 4 nitrogen and oxygen atoms in total. The lowest BCUT2D eigenvalue weighted by atomic mass is 10.1. The summed E-state index contributed by atoms with van der Waals surface area (Å²) in [6, 6.07) is 7.77. The van der Waals surface area contributed by atoms with Gasteiger partial charge >= 0.3 is 11.8 Å². The summed E-state index contributed by atoms with van der Waals surface area (Å²) in [7, 11) is 0. The second-order valence-corrected chi connectivity index (χ2v) is 4.29. The van der Waals surface area contributed by atoms with Gasteiger partial charge in [0.25, 0.3) is 0 Å². The fourth-order valence-corrected chi connectivity index (χ4v) is 1.63. The van der Waals surface area contributed by atoms with Gasteiger partial charge in [-0.2, -0.15) is 0 Å². The Morgan fingerprint density at radius 2 is 1.89 bits per heavy atom. The van der Waals surface area contributed by atoms with Crippen molar-refractivity contribution in [3.63, 3.8) is 0 Å². The highest BCUT2D eigenvalue weighted by atomic mass is 16.2. The van der Waals surface area contributed by atoms with E-state index in [2.05, 4.69) is 24.1 Å². The maximum atomic E-state index is 11.6. The Morgan fingerprint density at radius 1 is 1.26 bits per heavy atom. The van der Waals surface area contributed by atoms with Crippen molar-refractivity contribution in [1.29, 1.82) is 0 Å². The van der Waals surface area contributed by atoms with E-state index in [1.807, 2.05) is 31.2 Å². The van der Waals surface area contributed by atoms with Crippen LogP contribution in [0.15, 0.2) is 36.9 Å². The van der Waals surface area contributed by atoms with E-state index in [0.29, 0.717) is 0 Å². The summed E-state index contributed by atoms with van der Waals surface area (Å²) in [5.41, 5.74) is 2.22. The lowest BCUT2D eigenvalue weighted by Crippen LogP contribution is -2.40. The minimum atomic E-state index is -0.642. The predicted molar refractivity (Wildman–Crippen MR) is 75.6 cm³/mol. The van der Waals surface area contributed by atoms with Crippen molar-refractivity contribution in [2.24, 2.45) is 0 Å². The highest BCUT2D eigenvalue weighted by Gasteiger charge is 2.15. The minimum Gasteiger partial charge on any atom is -0.344 e. The smallest absolute Gasteiger partial charge is 0.309 e. The van der Waals surface area contributed by atoms with Gasteiger partial charge < -0.3 is 10.6 Å². The molecular weight excluding hydrogens is 240 g/mol. The molecule has 19 heavy (non-hydrogen) atoms. The zero-order chi connectivity index (χ0) is 14.3. The van der Waals surface area contributed by atoms with Gasteiger partial charge in [-0.05, 0) is 24.5 Å². The predicted octanol–water partition coefficient (Wildman–Crippen LogP) is 1.73. The second kappa shape index (κ2) is 7.36. The van der Waals surface area contributed by atoms with Gasteiger partial charge in [-0.3, -0.25) is 9.59 Å². The highest BCUT2D eigenvalue weighted by Crippen LogP contribution is 2.13. The lowest BCUT2D eigenvalue weighted by Gasteiger charge is -2.14. The Bertz CT molecular complexity index is 452. The molecule has 1 atom stereocenters. The number of hydrogen-bond donors (Lipinski definition) is 2. The monoisotopic (exact) mass is 260 g/mol. The molecule has 0 radical (unpaired) electrons. The Hall–Kier alpha value is -2.10. The maximum absolute atomic E-state index is 11.6. The number of carbonyl (C=O) groups is 2. The van der Waals surface area contributed by atoms with E-state index in [4.69, 9.17) is 0 Å². The average Bonchev–Trinajstić information content (AvgIpc) is 2.44. The number of hydrogen-bond acceptors (Lipinski definition) is 2. The standard InChI is InChI=1S/C15H20N2O2/c1-4-10-16-14(18)15(19)17-11(3)13-8-6-12(5-2)7-9-13/h4,6-9,11H,1,5,10H2,2-3H3,(H,16,18)(H,17,19). The van der Waals surface area contributed by atoms with Crippen molar-refractivity contribution >= 4 is 11.8 Å². The summed E-state index contributed by atoms with van der Waals surface area (Å²) in [4.78, 5) is 23.0. The van der Waals surface area contributed by atoms with Crippen LogP contribution in [0.4, 0.5) is 0 Å². The first kappa shape index (κ1) is 15.0. The van der Waals surface area contributed by atoms with Crippen LogP contribution < -0.4 is 10.6 Å². The van der Waals surface area contributed by atoms with E-state index >= 15 is 0 Å². The van der Waals surface area contributed by atoms with Crippen molar-refractivity contribution in [2.45, 2.75) is 26.3 Å². The summed E-state index contributed by atoms with van der Waals surface area (Å²) in [5, 5.41) is 5.10. The molecule has 0 saturated heterocycles. The molecular formula is C15H20N2O2. The summed E-state index contributed by atoms with van der Waals surface area (Å²) in [5.74, 6) is -1.27. The molecule has 1 rings (SSSR count). The fraction of sp³-hybridized carbons (Fsp3) is 0.333. The molecule has 0 heterocycles. The quantitative estimate of drug-likeness (QED) is 0.625. The number of benzene rings is 1. The van der Waals surface area contributed by atoms with E-state index in [1.165, 1.54) is 11.6 Å². The Morgan fingerprint density at radius 3 is 2.42 bits per heavy atom. The lowest BCUT2D eigenvalue weighted by molar-refractivity contribution is -0.139. The van der Waals surface area contributed by atoms with Gasteiger partial charge in [-0.1, -0.05) is 37.3 Å². The van der Waals surface area contributed by atoms with E-state index in [1.54, 1.807) is 0 Å². The third-order valence-corrected chi connectivity index (χ3v) is 2.85. The molecule has 0 aliphatic rings. The number of amides is 2. The largest absolute Gasteiger partial charge is 0.344 e. The van der Waals surface area contributed by atoms with Gasteiger partial charge in [0.15, 0.2) is 0 Å². The van der Waals surface area contributed by atoms with Crippen LogP contribution in [-0.2, 0) is 16.0 Å². The molecule has 0 aliphatic heterocycles. The first-order chi connectivity index (χ1) is 9.08. The van der Waals surface area contributed by atoms with E-state index in [-0.39, 0.29) is 12.6 Å². The van der Waals surface area contributed by atoms with Gasteiger partial charge in [0.2, 0.25) is 0 Å². The van der Waals surface area contributed by atoms with E-state index < -0.39 is 11.8 Å². The van der Waals surface area contributed by atoms with Gasteiger partial charge in [-0.15, -0.1) is 6.58 Å². The van der Waals surface area contributed by atoms with Crippen molar-refractivity contribution in [1.82, 2.24) is 10.6 Å². The molecule has 0 saturated carbocycles. The number of aryl methyl sites for hydroxylation is 1. The molecule has 0 spiro atoms. The molecule has 1 unspecified atom stereocenters. The normalized spacial score (nSPS) is 11.5. The molecule has 2 amide bonds. The Balaban J connectivity index is 2.57. The summed E-state index contributed by atoms with van der Waals surface area (Å²) >= 11 is 0. The van der Waals surface area contributed by atoms with Gasteiger partial charge in [0, 0.05) is 6.54 Å². The summed E-state index contributed by atoms with van der Waals surface area (Å²) in [6.45, 7) is 7.69. The van der Waals surface area contributed by atoms with Crippen molar-refractivity contribution < 1.29 is 9.59 Å². The Kier molecular flexibility index (Phi) is 5.79. The molecule has 0 fully saturated rings. The van der Waals surface area contributed by atoms with Crippen molar-refractivity contribution in [3.05, 3.63) is 48.0 Å². The third kappa shape index (κ3) is 4.58. The van der Waals surface area contributed by atoms with Gasteiger partial charge in [-0.25, -0.2) is 0 Å². The van der Waals surface area contributed by atoms with Crippen LogP contribution in [0.1, 0.15) is 31.0 Å². The minimum absolute atomic E-state index is 0.201. The topological polar surface area (TPSA) is 58.2 Å². The highest BCUT2D eigenvalue weighted by molar-refractivity contribution is 6.35. The van der Waals surface area contributed by atoms with Crippen LogP contribution in [0.5, 0.6) is 0 Å². The summed E-state index contributed by atoms with van der Waals surface area (Å²) in [6.07, 6.45) is 2.50. The third-order valence-electron chi connectivity index (χ3n) is 2.85. The van der Waals surface area contributed by atoms with Crippen LogP contribution in [0.3, 0.4) is 0 Å². The Labute approximate surface area is 113 Å². The average molecular weight is 260 g/mol. The van der Waals surface area contributed by atoms with Crippen LogP contribution in [-0.4, -0.2) is 18.4 Å². The van der Waals surface area contributed by atoms with E-state index in [0.717, 1.165) is 12.0 Å². The molecule has 1 aromatic rings. The van der Waals surface area contributed by atoms with Crippen molar-refractivity contribution in [2.75, 3.05) is 6.54 Å². The molecule has 0 aromatic heterocycles.